The molecule has 1 fully saturated rings. The first kappa shape index (κ1) is 21.3. The molecule has 11 heteroatoms. The van der Waals surface area contributed by atoms with Gasteiger partial charge in [0.05, 0.1) is 28.5 Å². The van der Waals surface area contributed by atoms with Crippen molar-refractivity contribution < 1.29 is 9.13 Å². The molecule has 8 nitrogen and oxygen atoms in total. The highest BCUT2D eigenvalue weighted by Crippen LogP contribution is 2.30. The summed E-state index contributed by atoms with van der Waals surface area (Å²) in [5.41, 5.74) is 0.883. The van der Waals surface area contributed by atoms with Crippen LogP contribution in [0.2, 0.25) is 0 Å². The van der Waals surface area contributed by atoms with Crippen molar-refractivity contribution >= 4 is 40.2 Å². The topological polar surface area (TPSA) is 80.3 Å². The summed E-state index contributed by atoms with van der Waals surface area (Å²) in [6, 6.07) is 3.67. The Bertz CT molecular complexity index is 1150. The van der Waals surface area contributed by atoms with E-state index < -0.39 is 5.95 Å². The Labute approximate surface area is 193 Å². The number of hydrogen-bond acceptors (Lipinski definition) is 9. The van der Waals surface area contributed by atoms with Gasteiger partial charge in [0, 0.05) is 19.3 Å². The number of aromatic nitrogens is 4. The van der Waals surface area contributed by atoms with Gasteiger partial charge in [-0.25, -0.2) is 24.5 Å². The van der Waals surface area contributed by atoms with Crippen molar-refractivity contribution in [2.75, 3.05) is 19.3 Å². The van der Waals surface area contributed by atoms with E-state index in [0.29, 0.717) is 32.4 Å². The Balaban J connectivity index is 1.22. The van der Waals surface area contributed by atoms with E-state index in [9.17, 15) is 4.39 Å². The Kier molecular flexibility index (Phi) is 5.85. The number of guanidine groups is 1. The fourth-order valence-corrected chi connectivity index (χ4v) is 5.18. The van der Waals surface area contributed by atoms with Gasteiger partial charge >= 0.3 is 0 Å². The van der Waals surface area contributed by atoms with Crippen LogP contribution in [0, 0.1) is 11.9 Å². The maximum atomic E-state index is 14.3. The molecule has 5 heterocycles. The van der Waals surface area contributed by atoms with Crippen LogP contribution in [0.25, 0.3) is 16.2 Å². The van der Waals surface area contributed by atoms with Crippen molar-refractivity contribution in [2.24, 2.45) is 15.9 Å². The number of ether oxygens (including phenoxy) is 1. The molecule has 5 rings (SSSR count). The molecule has 0 N–H and O–H groups in total. The first-order valence-corrected chi connectivity index (χ1v) is 12.6. The molecule has 0 spiro atoms. The molecular weight excluding hydrogens is 449 g/mol. The minimum absolute atomic E-state index is 0.0427. The number of likely N-dealkylation sites (tertiary alicyclic amines) is 1. The predicted octanol–water partition coefficient (Wildman–Crippen LogP) is 4.02. The summed E-state index contributed by atoms with van der Waals surface area (Å²) in [5.74, 6) is 0.774. The second-order valence-corrected chi connectivity index (χ2v) is 9.75. The molecule has 3 aromatic rings. The Morgan fingerprint density at radius 1 is 1.25 bits per heavy atom. The number of imidazole rings is 1. The van der Waals surface area contributed by atoms with E-state index >= 15 is 0 Å². The number of halogens is 1. The van der Waals surface area contributed by atoms with E-state index in [-0.39, 0.29) is 12.1 Å². The van der Waals surface area contributed by atoms with Crippen LogP contribution in [0.4, 0.5) is 4.39 Å². The van der Waals surface area contributed by atoms with Crippen molar-refractivity contribution in [3.05, 3.63) is 24.3 Å². The number of pyridine rings is 1. The number of fused-ring (bicyclic) bond motifs is 1. The van der Waals surface area contributed by atoms with E-state index in [0.717, 1.165) is 31.9 Å². The molecule has 168 valence electrons. The van der Waals surface area contributed by atoms with E-state index in [1.54, 1.807) is 22.8 Å². The quantitative estimate of drug-likeness (QED) is 0.411. The molecule has 0 saturated carbocycles. The van der Waals surface area contributed by atoms with Crippen LogP contribution < -0.4 is 4.74 Å². The van der Waals surface area contributed by atoms with Gasteiger partial charge in [0.25, 0.3) is 5.19 Å². The lowest BCUT2D eigenvalue weighted by Gasteiger charge is -2.34. The van der Waals surface area contributed by atoms with Crippen LogP contribution in [0.3, 0.4) is 0 Å². The normalized spacial score (nSPS) is 20.2. The summed E-state index contributed by atoms with van der Waals surface area (Å²) in [5, 5.41) is 5.71. The molecule has 1 saturated heterocycles. The van der Waals surface area contributed by atoms with Crippen molar-refractivity contribution in [1.29, 1.82) is 0 Å². The summed E-state index contributed by atoms with van der Waals surface area (Å²) in [6.07, 6.45) is 7.56. The van der Waals surface area contributed by atoms with Crippen LogP contribution in [0.1, 0.15) is 26.7 Å². The number of nitrogens with zero attached hydrogens (tertiary/aromatic N) is 7. The van der Waals surface area contributed by atoms with E-state index in [4.69, 9.17) is 4.74 Å². The number of piperidine rings is 1. The first-order chi connectivity index (χ1) is 15.5. The average Bonchev–Trinajstić information content (AvgIpc) is 3.48. The second-order valence-electron chi connectivity index (χ2n) is 8.01. The first-order valence-electron chi connectivity index (χ1n) is 10.6. The van der Waals surface area contributed by atoms with Crippen molar-refractivity contribution in [2.45, 2.75) is 43.9 Å². The van der Waals surface area contributed by atoms with E-state index in [1.165, 1.54) is 23.1 Å². The lowest BCUT2D eigenvalue weighted by atomic mass is 9.92. The van der Waals surface area contributed by atoms with Gasteiger partial charge in [-0.2, -0.15) is 4.39 Å². The summed E-state index contributed by atoms with van der Waals surface area (Å²) in [7, 11) is 0. The molecule has 0 aromatic carbocycles. The van der Waals surface area contributed by atoms with Crippen LogP contribution in [0.5, 0.6) is 5.19 Å². The average molecular weight is 474 g/mol. The van der Waals surface area contributed by atoms with Crippen molar-refractivity contribution in [3.8, 4) is 16.5 Å². The molecule has 2 aliphatic heterocycles. The van der Waals surface area contributed by atoms with Gasteiger partial charge in [0.15, 0.2) is 0 Å². The molecule has 0 amide bonds. The van der Waals surface area contributed by atoms with Gasteiger partial charge in [-0.15, -0.1) is 16.9 Å². The van der Waals surface area contributed by atoms with Gasteiger partial charge in [-0.05, 0) is 62.3 Å². The molecule has 2 atom stereocenters. The lowest BCUT2D eigenvalue weighted by Crippen LogP contribution is -2.41. The molecule has 2 aliphatic rings. The highest BCUT2D eigenvalue weighted by Gasteiger charge is 2.28. The monoisotopic (exact) mass is 473 g/mol. The highest BCUT2D eigenvalue weighted by molar-refractivity contribution is 7.98. The molecule has 32 heavy (non-hydrogen) atoms. The molecule has 0 aliphatic carbocycles. The maximum absolute atomic E-state index is 14.3. The van der Waals surface area contributed by atoms with Gasteiger partial charge in [-0.1, -0.05) is 0 Å². The maximum Gasteiger partial charge on any atom is 0.294 e. The van der Waals surface area contributed by atoms with Crippen molar-refractivity contribution in [1.82, 2.24) is 24.5 Å². The minimum atomic E-state index is -0.525. The van der Waals surface area contributed by atoms with Gasteiger partial charge in [0.2, 0.25) is 16.9 Å². The van der Waals surface area contributed by atoms with Crippen LogP contribution in [-0.4, -0.2) is 68.1 Å². The zero-order valence-corrected chi connectivity index (χ0v) is 19.7. The SMILES string of the molecule is CSc1ccc(-c2cn3nc(O[C@@H](C)C4CCN(C5=NC(C)C=N5)CC4)sc3n2)c(F)n1. The summed E-state index contributed by atoms with van der Waals surface area (Å²) >= 11 is 2.76. The van der Waals surface area contributed by atoms with Crippen molar-refractivity contribution in [3.63, 3.8) is 0 Å². The molecule has 0 radical (unpaired) electrons. The third kappa shape index (κ3) is 4.23. The zero-order valence-electron chi connectivity index (χ0n) is 18.1. The largest absolute Gasteiger partial charge is 0.466 e. The fraction of sp³-hybridized carbons (Fsp3) is 0.476. The molecule has 3 aromatic heterocycles. The minimum Gasteiger partial charge on any atom is -0.466 e. The van der Waals surface area contributed by atoms with Gasteiger partial charge in [-0.3, -0.25) is 0 Å². The van der Waals surface area contributed by atoms with E-state index in [2.05, 4.69) is 36.9 Å². The molecular formula is C21H24FN7OS2. The lowest BCUT2D eigenvalue weighted by molar-refractivity contribution is 0.107. The second kappa shape index (κ2) is 8.78. The number of thioether (sulfide) groups is 1. The Hall–Kier alpha value is -2.53. The summed E-state index contributed by atoms with van der Waals surface area (Å²) < 4.78 is 22.1. The smallest absolute Gasteiger partial charge is 0.294 e. The Morgan fingerprint density at radius 2 is 2.06 bits per heavy atom. The number of hydrogen-bond donors (Lipinski definition) is 0. The van der Waals surface area contributed by atoms with Crippen LogP contribution >= 0.6 is 23.1 Å². The fourth-order valence-electron chi connectivity index (χ4n) is 3.99. The van der Waals surface area contributed by atoms with Gasteiger partial charge < -0.3 is 9.64 Å². The highest BCUT2D eigenvalue weighted by atomic mass is 32.2. The summed E-state index contributed by atoms with van der Waals surface area (Å²) in [4.78, 5) is 20.4. The third-order valence-electron chi connectivity index (χ3n) is 5.83. The van der Waals surface area contributed by atoms with E-state index in [1.807, 2.05) is 19.4 Å². The summed E-state index contributed by atoms with van der Waals surface area (Å²) in [6.45, 7) is 6.00. The zero-order chi connectivity index (χ0) is 22.2. The third-order valence-corrected chi connectivity index (χ3v) is 7.29. The van der Waals surface area contributed by atoms with Crippen LogP contribution in [-0.2, 0) is 0 Å². The Morgan fingerprint density at radius 3 is 2.72 bits per heavy atom. The number of aliphatic imine (C=N–C) groups is 2. The van der Waals surface area contributed by atoms with Crippen LogP contribution in [0.15, 0.2) is 33.3 Å². The molecule has 0 bridgehead atoms. The van der Waals surface area contributed by atoms with Gasteiger partial charge in [0.1, 0.15) is 6.10 Å². The molecule has 1 unspecified atom stereocenters. The number of rotatable bonds is 5. The standard InChI is InChI=1S/C21H24FN7OS2/c1-12-10-23-19(24-12)28-8-6-14(7-9-28)13(2)30-21-27-29-11-16(25-20(29)32-21)15-4-5-17(31-3)26-18(15)22/h4-5,10-14H,6-9H2,1-3H3/t12?,13-/m0/s1. The predicted molar refractivity (Wildman–Crippen MR) is 126 cm³/mol.